The number of esters is 1. The van der Waals surface area contributed by atoms with E-state index in [4.69, 9.17) is 22.8 Å². The van der Waals surface area contributed by atoms with Gasteiger partial charge in [-0.2, -0.15) is 0 Å². The monoisotopic (exact) mass is 408 g/mol. The summed E-state index contributed by atoms with van der Waals surface area (Å²) in [5.74, 6) is -0.229. The molecule has 1 aromatic carbocycles. The maximum Gasteiger partial charge on any atom is 0.500 e. The van der Waals surface area contributed by atoms with Gasteiger partial charge in [0.2, 0.25) is 0 Å². The van der Waals surface area contributed by atoms with Crippen LogP contribution in [-0.4, -0.2) is 53.9 Å². The van der Waals surface area contributed by atoms with Crippen LogP contribution in [0.4, 0.5) is 0 Å². The summed E-state index contributed by atoms with van der Waals surface area (Å²) in [5, 5.41) is 0. The number of ether oxygens (including phenoxy) is 2. The largest absolute Gasteiger partial charge is 0.500 e. The average Bonchev–Trinajstić information content (AvgIpc) is 3.52. The van der Waals surface area contributed by atoms with Crippen LogP contribution in [-0.2, 0) is 27.5 Å². The maximum atomic E-state index is 12.1. The third-order valence-electron chi connectivity index (χ3n) is 4.29. The first-order valence-electron chi connectivity index (χ1n) is 10.1. The van der Waals surface area contributed by atoms with Crippen LogP contribution >= 0.6 is 0 Å². The minimum atomic E-state index is -2.70. The molecule has 2 rings (SSSR count). The summed E-state index contributed by atoms with van der Waals surface area (Å²) in [4.78, 5) is 12.1. The van der Waals surface area contributed by atoms with Gasteiger partial charge >= 0.3 is 14.8 Å². The van der Waals surface area contributed by atoms with Gasteiger partial charge in [0.25, 0.3) is 0 Å². The van der Waals surface area contributed by atoms with E-state index in [0.29, 0.717) is 45.3 Å². The summed E-state index contributed by atoms with van der Waals surface area (Å²) in [6.07, 6.45) is 2.98. The molecule has 1 saturated heterocycles. The average molecular weight is 409 g/mol. The number of hydrogen-bond acceptors (Lipinski definition) is 6. The molecule has 1 fully saturated rings. The van der Waals surface area contributed by atoms with Gasteiger partial charge < -0.3 is 22.8 Å². The summed E-state index contributed by atoms with van der Waals surface area (Å²) in [5.41, 5.74) is 2.17. The lowest BCUT2D eigenvalue weighted by Crippen LogP contribution is -2.46. The molecule has 1 aromatic rings. The van der Waals surface area contributed by atoms with E-state index in [-0.39, 0.29) is 18.7 Å². The van der Waals surface area contributed by atoms with Crippen LogP contribution in [0, 0.1) is 0 Å². The Morgan fingerprint density at radius 2 is 1.71 bits per heavy atom. The van der Waals surface area contributed by atoms with Crippen molar-refractivity contribution in [3.05, 3.63) is 42.0 Å². The molecular formula is C21H32O6Si. The van der Waals surface area contributed by atoms with Gasteiger partial charge in [0.15, 0.2) is 0 Å². The zero-order valence-corrected chi connectivity index (χ0v) is 18.1. The molecule has 7 heteroatoms. The lowest BCUT2D eigenvalue weighted by Gasteiger charge is -2.28. The summed E-state index contributed by atoms with van der Waals surface area (Å²) in [7, 11) is -2.70. The van der Waals surface area contributed by atoms with E-state index >= 15 is 0 Å². The maximum absolute atomic E-state index is 12.1. The molecule has 1 heterocycles. The zero-order chi connectivity index (χ0) is 20.2. The van der Waals surface area contributed by atoms with E-state index < -0.39 is 8.80 Å². The molecule has 0 spiro atoms. The standard InChI is InChI=1S/C21H32O6Si/c1-4-25-28(26-5-2,27-6-3)16-10-13-21(22)23-15-14-19(20-17-24-20)18-11-8-7-9-12-18/h7-9,11-12,14,20H,4-6,10,13,15-17H2,1-3H3. The highest BCUT2D eigenvalue weighted by Gasteiger charge is 2.39. The summed E-state index contributed by atoms with van der Waals surface area (Å²) in [6, 6.07) is 10.6. The van der Waals surface area contributed by atoms with E-state index in [9.17, 15) is 4.79 Å². The van der Waals surface area contributed by atoms with Crippen LogP contribution in [0.1, 0.15) is 39.2 Å². The third kappa shape index (κ3) is 7.48. The molecule has 0 aromatic heterocycles. The third-order valence-corrected chi connectivity index (χ3v) is 7.44. The fourth-order valence-corrected chi connectivity index (χ4v) is 5.65. The second-order valence-electron chi connectivity index (χ2n) is 6.37. The minimum absolute atomic E-state index is 0.108. The van der Waals surface area contributed by atoms with E-state index in [1.165, 1.54) is 0 Å². The Balaban J connectivity index is 1.80. The van der Waals surface area contributed by atoms with Crippen molar-refractivity contribution in [2.45, 2.75) is 45.8 Å². The number of hydrogen-bond donors (Lipinski definition) is 0. The Labute approximate surface area is 169 Å². The lowest BCUT2D eigenvalue weighted by molar-refractivity contribution is -0.142. The molecule has 0 amide bonds. The quantitative estimate of drug-likeness (QED) is 0.265. The van der Waals surface area contributed by atoms with Crippen molar-refractivity contribution in [1.82, 2.24) is 0 Å². The normalized spacial score (nSPS) is 16.8. The Morgan fingerprint density at radius 1 is 1.11 bits per heavy atom. The first-order chi connectivity index (χ1) is 13.6. The SMILES string of the molecule is CCO[Si](CCCC(=O)OCC=C(c1ccccc1)C1CO1)(OCC)OCC. The molecule has 0 aliphatic carbocycles. The van der Waals surface area contributed by atoms with Gasteiger partial charge in [-0.1, -0.05) is 30.3 Å². The molecule has 1 atom stereocenters. The molecule has 6 nitrogen and oxygen atoms in total. The summed E-state index contributed by atoms with van der Waals surface area (Å²) < 4.78 is 28.2. The predicted molar refractivity (Wildman–Crippen MR) is 110 cm³/mol. The molecule has 1 unspecified atom stereocenters. The van der Waals surface area contributed by atoms with Gasteiger partial charge in [0.05, 0.1) is 6.61 Å². The molecule has 0 saturated carbocycles. The van der Waals surface area contributed by atoms with Crippen molar-refractivity contribution in [2.24, 2.45) is 0 Å². The van der Waals surface area contributed by atoms with E-state index in [0.717, 1.165) is 11.1 Å². The van der Waals surface area contributed by atoms with Crippen molar-refractivity contribution >= 4 is 20.3 Å². The van der Waals surface area contributed by atoms with Gasteiger partial charge in [-0.3, -0.25) is 4.79 Å². The Kier molecular flexibility index (Phi) is 9.87. The Morgan fingerprint density at radius 3 is 2.25 bits per heavy atom. The summed E-state index contributed by atoms with van der Waals surface area (Å²) >= 11 is 0. The van der Waals surface area contributed by atoms with Crippen LogP contribution in [0.3, 0.4) is 0 Å². The van der Waals surface area contributed by atoms with Crippen LogP contribution in [0.25, 0.3) is 5.57 Å². The van der Waals surface area contributed by atoms with E-state index in [2.05, 4.69) is 0 Å². The van der Waals surface area contributed by atoms with Gasteiger partial charge in [0, 0.05) is 32.3 Å². The van der Waals surface area contributed by atoms with Gasteiger partial charge in [-0.05, 0) is 44.4 Å². The van der Waals surface area contributed by atoms with Crippen LogP contribution in [0.5, 0.6) is 0 Å². The molecule has 0 radical (unpaired) electrons. The molecule has 156 valence electrons. The minimum Gasteiger partial charge on any atom is -0.461 e. The molecule has 28 heavy (non-hydrogen) atoms. The highest BCUT2D eigenvalue weighted by Crippen LogP contribution is 2.28. The van der Waals surface area contributed by atoms with Gasteiger partial charge in [0.1, 0.15) is 12.7 Å². The van der Waals surface area contributed by atoms with Crippen molar-refractivity contribution in [2.75, 3.05) is 33.0 Å². The zero-order valence-electron chi connectivity index (χ0n) is 17.1. The van der Waals surface area contributed by atoms with Crippen molar-refractivity contribution in [1.29, 1.82) is 0 Å². The highest BCUT2D eigenvalue weighted by molar-refractivity contribution is 6.60. The molecule has 1 aliphatic rings. The van der Waals surface area contributed by atoms with Gasteiger partial charge in [-0.15, -0.1) is 0 Å². The molecule has 0 bridgehead atoms. The second-order valence-corrected chi connectivity index (χ2v) is 9.10. The Hall–Kier alpha value is -1.51. The second kappa shape index (κ2) is 12.1. The number of carbonyl (C=O) groups excluding carboxylic acids is 1. The number of carbonyl (C=O) groups is 1. The van der Waals surface area contributed by atoms with Crippen LogP contribution in [0.2, 0.25) is 6.04 Å². The smallest absolute Gasteiger partial charge is 0.461 e. The fraction of sp³-hybridized carbons (Fsp3) is 0.571. The first kappa shape index (κ1) is 22.8. The van der Waals surface area contributed by atoms with E-state index in [1.54, 1.807) is 0 Å². The van der Waals surface area contributed by atoms with Crippen molar-refractivity contribution in [3.63, 3.8) is 0 Å². The Bertz CT molecular complexity index is 598. The highest BCUT2D eigenvalue weighted by atomic mass is 28.4. The fourth-order valence-electron chi connectivity index (χ4n) is 3.04. The topological polar surface area (TPSA) is 66.5 Å². The van der Waals surface area contributed by atoms with E-state index in [1.807, 2.05) is 57.2 Å². The predicted octanol–water partition coefficient (Wildman–Crippen LogP) is 3.84. The number of benzene rings is 1. The van der Waals surface area contributed by atoms with Crippen LogP contribution in [0.15, 0.2) is 36.4 Å². The van der Waals surface area contributed by atoms with Crippen molar-refractivity contribution < 1.29 is 27.5 Å². The number of epoxide rings is 1. The first-order valence-corrected chi connectivity index (χ1v) is 12.0. The number of rotatable bonds is 14. The van der Waals surface area contributed by atoms with Gasteiger partial charge in [-0.25, -0.2) is 0 Å². The molecule has 0 N–H and O–H groups in total. The molecule has 1 aliphatic heterocycles. The summed E-state index contributed by atoms with van der Waals surface area (Å²) in [6.45, 7) is 8.34. The molecular weight excluding hydrogens is 376 g/mol. The lowest BCUT2D eigenvalue weighted by atomic mass is 10.0. The van der Waals surface area contributed by atoms with Crippen molar-refractivity contribution in [3.8, 4) is 0 Å². The van der Waals surface area contributed by atoms with Crippen LogP contribution < -0.4 is 0 Å².